The third kappa shape index (κ3) is 3.67. The Morgan fingerprint density at radius 3 is 2.35 bits per heavy atom. The molecule has 3 heteroatoms. The van der Waals surface area contributed by atoms with Gasteiger partial charge in [0.2, 0.25) is 0 Å². The first-order valence-electron chi connectivity index (χ1n) is 7.31. The van der Waals surface area contributed by atoms with E-state index >= 15 is 0 Å². The van der Waals surface area contributed by atoms with Gasteiger partial charge in [0.15, 0.2) is 0 Å². The molecule has 1 saturated carbocycles. The van der Waals surface area contributed by atoms with Crippen LogP contribution in [0.2, 0.25) is 0 Å². The van der Waals surface area contributed by atoms with E-state index in [0.717, 1.165) is 12.0 Å². The quantitative estimate of drug-likeness (QED) is 0.807. The Labute approximate surface area is 106 Å². The summed E-state index contributed by atoms with van der Waals surface area (Å²) in [6.07, 6.45) is 7.98. The smallest absolute Gasteiger partial charge is 0.0113 e. The zero-order chi connectivity index (χ0) is 12.3. The SMILES string of the molecule is CN(C)C1CCN(CCC2CCCC2N)CC1. The van der Waals surface area contributed by atoms with Gasteiger partial charge in [-0.3, -0.25) is 0 Å². The highest BCUT2D eigenvalue weighted by Crippen LogP contribution is 2.27. The summed E-state index contributed by atoms with van der Waals surface area (Å²) < 4.78 is 0. The summed E-state index contributed by atoms with van der Waals surface area (Å²) >= 11 is 0. The molecular weight excluding hydrogens is 210 g/mol. The summed E-state index contributed by atoms with van der Waals surface area (Å²) in [6.45, 7) is 3.84. The normalized spacial score (nSPS) is 32.5. The van der Waals surface area contributed by atoms with Crippen molar-refractivity contribution in [1.82, 2.24) is 9.80 Å². The number of hydrogen-bond acceptors (Lipinski definition) is 3. The molecule has 0 aromatic heterocycles. The lowest BCUT2D eigenvalue weighted by molar-refractivity contribution is 0.138. The van der Waals surface area contributed by atoms with Gasteiger partial charge < -0.3 is 15.5 Å². The van der Waals surface area contributed by atoms with Crippen molar-refractivity contribution in [1.29, 1.82) is 0 Å². The Morgan fingerprint density at radius 1 is 1.12 bits per heavy atom. The van der Waals surface area contributed by atoms with Crippen LogP contribution in [0.3, 0.4) is 0 Å². The van der Waals surface area contributed by atoms with Crippen molar-refractivity contribution in [3.63, 3.8) is 0 Å². The van der Waals surface area contributed by atoms with Crippen molar-refractivity contribution < 1.29 is 0 Å². The molecule has 2 unspecified atom stereocenters. The first kappa shape index (κ1) is 13.3. The molecule has 1 aliphatic heterocycles. The van der Waals surface area contributed by atoms with E-state index in [1.165, 1.54) is 58.2 Å². The van der Waals surface area contributed by atoms with Crippen LogP contribution in [0.5, 0.6) is 0 Å². The number of nitrogens with zero attached hydrogens (tertiary/aromatic N) is 2. The van der Waals surface area contributed by atoms with Crippen molar-refractivity contribution in [2.24, 2.45) is 11.7 Å². The third-order valence-electron chi connectivity index (χ3n) is 4.82. The molecule has 1 aliphatic carbocycles. The topological polar surface area (TPSA) is 32.5 Å². The molecule has 0 amide bonds. The molecule has 3 nitrogen and oxygen atoms in total. The van der Waals surface area contributed by atoms with E-state index in [2.05, 4.69) is 23.9 Å². The highest BCUT2D eigenvalue weighted by Gasteiger charge is 2.25. The Morgan fingerprint density at radius 2 is 1.82 bits per heavy atom. The van der Waals surface area contributed by atoms with Crippen LogP contribution < -0.4 is 5.73 Å². The van der Waals surface area contributed by atoms with Crippen molar-refractivity contribution >= 4 is 0 Å². The van der Waals surface area contributed by atoms with E-state index in [1.54, 1.807) is 0 Å². The summed E-state index contributed by atoms with van der Waals surface area (Å²) in [4.78, 5) is 5.02. The maximum atomic E-state index is 6.13. The minimum absolute atomic E-state index is 0.495. The van der Waals surface area contributed by atoms with Crippen LogP contribution in [0.4, 0.5) is 0 Å². The second-order valence-corrected chi connectivity index (χ2v) is 6.18. The average Bonchev–Trinajstić information content (AvgIpc) is 2.73. The van der Waals surface area contributed by atoms with E-state index in [4.69, 9.17) is 5.73 Å². The van der Waals surface area contributed by atoms with Gasteiger partial charge in [0.1, 0.15) is 0 Å². The predicted molar refractivity (Wildman–Crippen MR) is 73.1 cm³/mol. The molecule has 17 heavy (non-hydrogen) atoms. The summed E-state index contributed by atoms with van der Waals surface area (Å²) in [5.74, 6) is 0.807. The minimum atomic E-state index is 0.495. The first-order valence-corrected chi connectivity index (χ1v) is 7.31. The van der Waals surface area contributed by atoms with E-state index in [-0.39, 0.29) is 0 Å². The van der Waals surface area contributed by atoms with E-state index in [0.29, 0.717) is 6.04 Å². The molecule has 0 spiro atoms. The van der Waals surface area contributed by atoms with Crippen LogP contribution in [0.1, 0.15) is 38.5 Å². The van der Waals surface area contributed by atoms with Crippen molar-refractivity contribution in [3.8, 4) is 0 Å². The second-order valence-electron chi connectivity index (χ2n) is 6.18. The summed E-state index contributed by atoms with van der Waals surface area (Å²) in [5.41, 5.74) is 6.13. The Balaban J connectivity index is 1.64. The van der Waals surface area contributed by atoms with Gasteiger partial charge in [-0.1, -0.05) is 6.42 Å². The van der Waals surface area contributed by atoms with Crippen LogP contribution in [0.25, 0.3) is 0 Å². The molecule has 0 bridgehead atoms. The minimum Gasteiger partial charge on any atom is -0.327 e. The Kier molecular flexibility index (Phi) is 4.83. The molecule has 2 aliphatic rings. The van der Waals surface area contributed by atoms with E-state index in [1.807, 2.05) is 0 Å². The van der Waals surface area contributed by atoms with Crippen molar-refractivity contribution in [2.45, 2.75) is 50.6 Å². The summed E-state index contributed by atoms with van der Waals surface area (Å²) in [7, 11) is 4.41. The van der Waals surface area contributed by atoms with Gasteiger partial charge in [0, 0.05) is 12.1 Å². The van der Waals surface area contributed by atoms with E-state index < -0.39 is 0 Å². The highest BCUT2D eigenvalue weighted by atomic mass is 15.2. The zero-order valence-electron chi connectivity index (χ0n) is 11.6. The van der Waals surface area contributed by atoms with Gasteiger partial charge in [-0.25, -0.2) is 0 Å². The van der Waals surface area contributed by atoms with Gasteiger partial charge in [-0.2, -0.15) is 0 Å². The van der Waals surface area contributed by atoms with Crippen molar-refractivity contribution in [2.75, 3.05) is 33.7 Å². The highest BCUT2D eigenvalue weighted by molar-refractivity contribution is 4.82. The number of likely N-dealkylation sites (tertiary alicyclic amines) is 1. The fourth-order valence-electron chi connectivity index (χ4n) is 3.43. The molecule has 2 rings (SSSR count). The maximum absolute atomic E-state index is 6.13. The Bertz CT molecular complexity index is 222. The average molecular weight is 239 g/mol. The maximum Gasteiger partial charge on any atom is 0.0113 e. The second kappa shape index (κ2) is 6.17. The lowest BCUT2D eigenvalue weighted by Gasteiger charge is -2.35. The summed E-state index contributed by atoms with van der Waals surface area (Å²) in [5, 5.41) is 0. The lowest BCUT2D eigenvalue weighted by Crippen LogP contribution is -2.42. The Hall–Kier alpha value is -0.120. The standard InChI is InChI=1S/C14H29N3/c1-16(2)13-7-10-17(11-8-13)9-6-12-4-3-5-14(12)15/h12-14H,3-11,15H2,1-2H3. The first-order chi connectivity index (χ1) is 8.16. The molecule has 2 N–H and O–H groups in total. The molecule has 1 heterocycles. The van der Waals surface area contributed by atoms with E-state index in [9.17, 15) is 0 Å². The van der Waals surface area contributed by atoms with Crippen LogP contribution in [-0.2, 0) is 0 Å². The van der Waals surface area contributed by atoms with Gasteiger partial charge in [-0.15, -0.1) is 0 Å². The van der Waals surface area contributed by atoms with Crippen LogP contribution >= 0.6 is 0 Å². The molecule has 0 aromatic carbocycles. The summed E-state index contributed by atoms with van der Waals surface area (Å²) in [6, 6.07) is 1.30. The lowest BCUT2D eigenvalue weighted by atomic mass is 9.98. The number of piperidine rings is 1. The van der Waals surface area contributed by atoms with Gasteiger partial charge in [-0.05, 0) is 71.8 Å². The monoisotopic (exact) mass is 239 g/mol. The van der Waals surface area contributed by atoms with Crippen LogP contribution in [-0.4, -0.2) is 55.6 Å². The fraction of sp³-hybridized carbons (Fsp3) is 1.00. The van der Waals surface area contributed by atoms with Gasteiger partial charge >= 0.3 is 0 Å². The van der Waals surface area contributed by atoms with Gasteiger partial charge in [0.05, 0.1) is 0 Å². The molecule has 1 saturated heterocycles. The molecule has 2 fully saturated rings. The number of nitrogens with two attached hydrogens (primary N) is 1. The zero-order valence-corrected chi connectivity index (χ0v) is 11.6. The number of hydrogen-bond donors (Lipinski definition) is 1. The van der Waals surface area contributed by atoms with Crippen molar-refractivity contribution in [3.05, 3.63) is 0 Å². The largest absolute Gasteiger partial charge is 0.327 e. The molecule has 0 radical (unpaired) electrons. The molecule has 2 atom stereocenters. The molecule has 0 aromatic rings. The fourth-order valence-corrected chi connectivity index (χ4v) is 3.43. The molecule has 100 valence electrons. The predicted octanol–water partition coefficient (Wildman–Crippen LogP) is 1.53. The third-order valence-corrected chi connectivity index (χ3v) is 4.82. The molecular formula is C14H29N3. The van der Waals surface area contributed by atoms with Crippen LogP contribution in [0.15, 0.2) is 0 Å². The number of rotatable bonds is 4. The van der Waals surface area contributed by atoms with Crippen LogP contribution in [0, 0.1) is 5.92 Å². The van der Waals surface area contributed by atoms with Gasteiger partial charge in [0.25, 0.3) is 0 Å².